The highest BCUT2D eigenvalue weighted by molar-refractivity contribution is 5.78. The largest absolute Gasteiger partial charge is 0.390 e. The second-order valence-corrected chi connectivity index (χ2v) is 26.6. The van der Waals surface area contributed by atoms with Gasteiger partial charge in [-0.15, -0.1) is 0 Å². The van der Waals surface area contributed by atoms with Crippen molar-refractivity contribution in [2.75, 3.05) is 6.54 Å². The summed E-state index contributed by atoms with van der Waals surface area (Å²) in [4.78, 5) is 12.8. The lowest BCUT2D eigenvalue weighted by Gasteiger charge is -2.65. The maximum absolute atomic E-state index is 12.8. The first-order valence-electron chi connectivity index (χ1n) is 27.4. The molecule has 0 aromatic heterocycles. The third kappa shape index (κ3) is 8.05. The van der Waals surface area contributed by atoms with E-state index in [1.165, 1.54) is 103 Å². The van der Waals surface area contributed by atoms with E-state index in [1.54, 1.807) is 0 Å². The number of nitrogens with one attached hydrogen (secondary N) is 1. The van der Waals surface area contributed by atoms with Crippen LogP contribution in [0.1, 0.15) is 210 Å². The lowest BCUT2D eigenvalue weighted by atomic mass is 9.41. The number of aliphatic hydroxyl groups excluding tert-OH is 2. The average Bonchev–Trinajstić information content (AvgIpc) is 3.77. The molecular formula is C56H98N2O4. The monoisotopic (exact) mass is 863 g/mol. The molecule has 8 aliphatic carbocycles. The maximum Gasteiger partial charge on any atom is 0.233 e. The zero-order valence-electron chi connectivity index (χ0n) is 41.6. The molecule has 6 heteroatoms. The van der Waals surface area contributed by atoms with Gasteiger partial charge in [0.1, 0.15) is 6.10 Å². The third-order valence-electron chi connectivity index (χ3n) is 23.1. The molecule has 8 fully saturated rings. The van der Waals surface area contributed by atoms with Crippen molar-refractivity contribution in [1.82, 2.24) is 5.32 Å². The van der Waals surface area contributed by atoms with Gasteiger partial charge in [-0.05, 0) is 208 Å². The second kappa shape index (κ2) is 18.1. The van der Waals surface area contributed by atoms with Crippen LogP contribution in [0.3, 0.4) is 0 Å². The van der Waals surface area contributed by atoms with E-state index in [4.69, 9.17) is 5.73 Å². The summed E-state index contributed by atoms with van der Waals surface area (Å²) in [7, 11) is 0. The summed E-state index contributed by atoms with van der Waals surface area (Å²) >= 11 is 0. The van der Waals surface area contributed by atoms with Crippen molar-refractivity contribution in [2.45, 2.75) is 234 Å². The Hall–Kier alpha value is -0.690. The quantitative estimate of drug-likeness (QED) is 0.119. The molecule has 0 bridgehead atoms. The predicted molar refractivity (Wildman–Crippen MR) is 254 cm³/mol. The Bertz CT molecular complexity index is 1550. The van der Waals surface area contributed by atoms with Crippen LogP contribution in [0.15, 0.2) is 0 Å². The van der Waals surface area contributed by atoms with E-state index in [0.29, 0.717) is 58.7 Å². The Balaban J connectivity index is 1.08. The molecule has 0 radical (unpaired) electrons. The SMILES string of the molecule is CC(C)CCCC(CC1CC2C(CC[C@@]3(C)C2CC[C@@H]3[C@H](C)CCCC(C)C)[C@@]2(C)CC[C@H](NC(=O)CN)CC12)[C@H]1CCC2C3CC[C@@]4(O)[C@H](O)C(O)CC[C@]4(C)C3CC[C@@]21C. The molecule has 20 atom stereocenters. The summed E-state index contributed by atoms with van der Waals surface area (Å²) in [5.74, 6) is 10.4. The zero-order chi connectivity index (χ0) is 44.6. The van der Waals surface area contributed by atoms with Gasteiger partial charge in [0.25, 0.3) is 0 Å². The number of carbonyl (C=O) groups excluding carboxylic acids is 1. The summed E-state index contributed by atoms with van der Waals surface area (Å²) < 4.78 is 0. The van der Waals surface area contributed by atoms with Gasteiger partial charge in [0.05, 0.1) is 18.2 Å². The van der Waals surface area contributed by atoms with Crippen LogP contribution in [-0.4, -0.2) is 51.6 Å². The maximum atomic E-state index is 12.8. The van der Waals surface area contributed by atoms with Crippen molar-refractivity contribution in [3.63, 3.8) is 0 Å². The highest BCUT2D eigenvalue weighted by atomic mass is 16.4. The summed E-state index contributed by atoms with van der Waals surface area (Å²) in [5.41, 5.74) is 5.56. The first-order valence-corrected chi connectivity index (χ1v) is 27.4. The molecule has 0 aromatic rings. The first kappa shape index (κ1) is 47.8. The van der Waals surface area contributed by atoms with Gasteiger partial charge in [-0.1, -0.05) is 101 Å². The smallest absolute Gasteiger partial charge is 0.233 e. The fraction of sp³-hybridized carbons (Fsp3) is 0.982. The Labute approximate surface area is 380 Å². The first-order chi connectivity index (χ1) is 29.3. The number of amides is 1. The molecule has 10 unspecified atom stereocenters. The molecule has 0 saturated heterocycles. The standard InChI is InChI=1S/C56H98N2O4/c1-34(2)12-10-14-36(5)42-16-18-45-41-31-38(48-32-39(58-50(60)33-57)20-25-54(48,8)46(41)22-26-52(42,45)6)30-37(15-11-13-35(3)4)43-17-19-44-40-21-29-56(62)51(61)49(59)24-28-55(56,9)47(40)23-27-53(43,44)7/h34-49,51,59,61-62H,10-33,57H2,1-9H3,(H,58,60)/t36-,37?,38?,39+,40?,41?,42-,43-,44?,45?,46?,47?,48?,49?,51-,52-,53-,54-,55-,56-/m1/s1. The van der Waals surface area contributed by atoms with Crippen LogP contribution in [0.2, 0.25) is 0 Å². The summed E-state index contributed by atoms with van der Waals surface area (Å²) in [6, 6.07) is 0.258. The van der Waals surface area contributed by atoms with Gasteiger partial charge in [0, 0.05) is 11.5 Å². The molecule has 6 N–H and O–H groups in total. The van der Waals surface area contributed by atoms with Gasteiger partial charge in [0.15, 0.2) is 0 Å². The number of hydrogen-bond acceptors (Lipinski definition) is 5. The van der Waals surface area contributed by atoms with Crippen molar-refractivity contribution >= 4 is 5.91 Å². The van der Waals surface area contributed by atoms with Crippen LogP contribution in [0.4, 0.5) is 0 Å². The Kier molecular flexibility index (Phi) is 13.9. The molecule has 0 heterocycles. The number of carbonyl (C=O) groups is 1. The highest BCUT2D eigenvalue weighted by Gasteiger charge is 2.68. The topological polar surface area (TPSA) is 116 Å². The Morgan fingerprint density at radius 1 is 0.629 bits per heavy atom. The lowest BCUT2D eigenvalue weighted by Crippen LogP contribution is -2.69. The van der Waals surface area contributed by atoms with Crippen molar-refractivity contribution < 1.29 is 20.1 Å². The van der Waals surface area contributed by atoms with E-state index in [1.807, 2.05) is 0 Å². The number of aliphatic hydroxyl groups is 3. The van der Waals surface area contributed by atoms with E-state index in [9.17, 15) is 20.1 Å². The molecule has 6 nitrogen and oxygen atoms in total. The van der Waals surface area contributed by atoms with E-state index in [2.05, 4.69) is 67.6 Å². The zero-order valence-corrected chi connectivity index (χ0v) is 41.6. The minimum atomic E-state index is -1.18. The summed E-state index contributed by atoms with van der Waals surface area (Å²) in [6.45, 7) is 22.9. The van der Waals surface area contributed by atoms with Crippen molar-refractivity contribution in [2.24, 2.45) is 110 Å². The average molecular weight is 863 g/mol. The fourth-order valence-corrected chi connectivity index (χ4v) is 20.0. The van der Waals surface area contributed by atoms with E-state index in [-0.39, 0.29) is 23.9 Å². The molecular weight excluding hydrogens is 765 g/mol. The van der Waals surface area contributed by atoms with Crippen LogP contribution in [-0.2, 0) is 4.79 Å². The number of fused-ring (bicyclic) bond motifs is 10. The highest BCUT2D eigenvalue weighted by Crippen LogP contribution is 2.72. The van der Waals surface area contributed by atoms with Gasteiger partial charge in [-0.2, -0.15) is 0 Å². The van der Waals surface area contributed by atoms with Gasteiger partial charge in [-0.25, -0.2) is 0 Å². The van der Waals surface area contributed by atoms with Gasteiger partial charge < -0.3 is 26.4 Å². The van der Waals surface area contributed by atoms with E-state index >= 15 is 0 Å². The van der Waals surface area contributed by atoms with Crippen LogP contribution in [0.5, 0.6) is 0 Å². The van der Waals surface area contributed by atoms with Crippen LogP contribution < -0.4 is 11.1 Å². The van der Waals surface area contributed by atoms with Crippen LogP contribution in [0.25, 0.3) is 0 Å². The van der Waals surface area contributed by atoms with Gasteiger partial charge in [0.2, 0.25) is 5.91 Å². The van der Waals surface area contributed by atoms with Crippen LogP contribution >= 0.6 is 0 Å². The van der Waals surface area contributed by atoms with E-state index < -0.39 is 17.8 Å². The molecule has 356 valence electrons. The molecule has 0 aliphatic heterocycles. The molecule has 62 heavy (non-hydrogen) atoms. The van der Waals surface area contributed by atoms with Crippen molar-refractivity contribution in [3.8, 4) is 0 Å². The number of hydrogen-bond donors (Lipinski definition) is 5. The van der Waals surface area contributed by atoms with Crippen molar-refractivity contribution in [1.29, 1.82) is 0 Å². The minimum absolute atomic E-state index is 0.0257. The van der Waals surface area contributed by atoms with Gasteiger partial charge in [-0.3, -0.25) is 4.79 Å². The molecule has 1 amide bonds. The lowest BCUT2D eigenvalue weighted by molar-refractivity contribution is -0.268. The van der Waals surface area contributed by atoms with Crippen LogP contribution in [0, 0.1) is 105 Å². The Morgan fingerprint density at radius 2 is 1.23 bits per heavy atom. The predicted octanol–water partition coefficient (Wildman–Crippen LogP) is 11.7. The molecule has 8 aliphatic rings. The Morgan fingerprint density at radius 3 is 1.90 bits per heavy atom. The fourth-order valence-electron chi connectivity index (χ4n) is 20.0. The summed E-state index contributed by atoms with van der Waals surface area (Å²) in [6.07, 6.45) is 26.5. The molecule has 8 rings (SSSR count). The number of rotatable bonds is 14. The third-order valence-corrected chi connectivity index (χ3v) is 23.1. The van der Waals surface area contributed by atoms with Crippen molar-refractivity contribution in [3.05, 3.63) is 0 Å². The molecule has 0 aromatic carbocycles. The second-order valence-electron chi connectivity index (χ2n) is 26.6. The summed E-state index contributed by atoms with van der Waals surface area (Å²) in [5, 5.41) is 37.7. The van der Waals surface area contributed by atoms with Gasteiger partial charge >= 0.3 is 0 Å². The number of nitrogens with two attached hydrogens (primary N) is 1. The molecule has 0 spiro atoms. The van der Waals surface area contributed by atoms with E-state index in [0.717, 1.165) is 85.4 Å². The normalized spacial score (nSPS) is 49.6. The molecule has 8 saturated carbocycles. The minimum Gasteiger partial charge on any atom is -0.390 e.